The Hall–Kier alpha value is -13.8. The molecule has 1 unspecified atom stereocenters. The number of likely N-dealkylation sites (N-methyl/N-ethyl adjacent to an activating group) is 1. The first-order valence-corrected chi connectivity index (χ1v) is 38.7. The van der Waals surface area contributed by atoms with Crippen molar-refractivity contribution in [3.05, 3.63) is 250 Å². The van der Waals surface area contributed by atoms with E-state index in [1.807, 2.05) is 129 Å². The third-order valence-corrected chi connectivity index (χ3v) is 20.8. The van der Waals surface area contributed by atoms with Gasteiger partial charge in [0, 0.05) is 119 Å². The van der Waals surface area contributed by atoms with Crippen LogP contribution in [0.5, 0.6) is 17.2 Å². The van der Waals surface area contributed by atoms with Crippen molar-refractivity contribution in [2.24, 2.45) is 15.0 Å². The first kappa shape index (κ1) is 106. The molecule has 16 rings (SSSR count). The molecule has 3 atom stereocenters. The number of halogens is 16. The number of carboxylic acids is 1. The van der Waals surface area contributed by atoms with Crippen molar-refractivity contribution in [2.45, 2.75) is 105 Å². The van der Waals surface area contributed by atoms with E-state index in [0.29, 0.717) is 79.2 Å². The molecule has 3 amide bonds. The van der Waals surface area contributed by atoms with E-state index in [1.165, 1.54) is 54.1 Å². The topological polar surface area (TPSA) is 262 Å². The summed E-state index contributed by atoms with van der Waals surface area (Å²) >= 11 is 0. The molecule has 9 aromatic rings. The predicted molar refractivity (Wildman–Crippen MR) is 449 cm³/mol. The summed E-state index contributed by atoms with van der Waals surface area (Å²) in [5.74, 6) is 0.0360. The molecule has 129 heavy (non-hydrogen) atoms. The van der Waals surface area contributed by atoms with Gasteiger partial charge in [-0.1, -0.05) is 62.0 Å². The Kier molecular flexibility index (Phi) is 41.9. The van der Waals surface area contributed by atoms with Gasteiger partial charge in [0.05, 0.1) is 105 Å². The highest BCUT2D eigenvalue weighted by Gasteiger charge is 2.49. The molecule has 4 fully saturated rings. The molecule has 0 radical (unpaired) electrons. The van der Waals surface area contributed by atoms with Crippen LogP contribution in [0.3, 0.4) is 0 Å². The van der Waals surface area contributed by atoms with Gasteiger partial charge in [0.2, 0.25) is 17.9 Å². The molecule has 4 saturated heterocycles. The smallest absolute Gasteiger partial charge is 0.325 e. The number of esters is 1. The lowest BCUT2D eigenvalue weighted by Crippen LogP contribution is -2.63. The minimum absolute atomic E-state index is 0. The van der Waals surface area contributed by atoms with Crippen molar-refractivity contribution < 1.29 is 126 Å². The van der Waals surface area contributed by atoms with Crippen molar-refractivity contribution in [1.82, 2.24) is 58.1 Å². The summed E-state index contributed by atoms with van der Waals surface area (Å²) in [7, 11) is 6.75. The van der Waals surface area contributed by atoms with Crippen LogP contribution in [0.2, 0.25) is 0 Å². The molecule has 10 heterocycles. The number of amides is 3. The molecule has 3 aromatic heterocycles. The molecule has 0 spiro atoms. The van der Waals surface area contributed by atoms with E-state index in [0.717, 1.165) is 75.2 Å². The number of ether oxygens (including phenoxy) is 5. The quantitative estimate of drug-likeness (QED) is 0.0504. The maximum Gasteiger partial charge on any atom is 0.325 e. The fourth-order valence-corrected chi connectivity index (χ4v) is 14.7. The number of carbonyl (C=O) groups is 5. The number of aryl methyl sites for hydroxylation is 3. The SMILES string of the molecule is C.C1CCOC1.CCOC(=O)CN1CC[C@H](c2ccc(F)cc2)N2C(=O)/C(=C/c3ccc(-n4cnc(C)c4)c(OC)c3)N=C12.COc1cc(/C=C2/C(=O)N3C(=NCCC3c3ccc(F)cc3)N(C)C2(C)C)ccc1-n1cnc(C)c1.COc1cc(/C=C2\N=C3N(CC(=O)O)CC[C@H](c4ccc(F)cc4)N3C2=O)ccc1-n1cnc(C)c1.F.FF.FF.FF.FF.FF.FF. The van der Waals surface area contributed by atoms with Gasteiger partial charge in [0.25, 0.3) is 17.7 Å². The van der Waals surface area contributed by atoms with Gasteiger partial charge in [-0.05, 0) is 198 Å². The van der Waals surface area contributed by atoms with Gasteiger partial charge >= 0.3 is 11.9 Å². The van der Waals surface area contributed by atoms with Gasteiger partial charge in [-0.3, -0.25) is 48.4 Å². The molecule has 7 aliphatic heterocycles. The Bertz CT molecular complexity index is 5360. The first-order valence-electron chi connectivity index (χ1n) is 38.7. The number of aliphatic imine (C=N–C) groups is 3. The second-order valence-electron chi connectivity index (χ2n) is 28.8. The van der Waals surface area contributed by atoms with Gasteiger partial charge in [0.1, 0.15) is 59.2 Å². The average Bonchev–Trinajstić information content (AvgIpc) is 0.955. The van der Waals surface area contributed by atoms with Crippen molar-refractivity contribution in [3.63, 3.8) is 0 Å². The Labute approximate surface area is 731 Å². The van der Waals surface area contributed by atoms with E-state index < -0.39 is 17.5 Å². The van der Waals surface area contributed by atoms with Crippen LogP contribution in [0.15, 0.2) is 197 Å². The molecule has 696 valence electrons. The Balaban J connectivity index is 0.000000312. The zero-order valence-corrected chi connectivity index (χ0v) is 70.6. The van der Waals surface area contributed by atoms with Crippen LogP contribution in [0.25, 0.3) is 35.3 Å². The number of guanidine groups is 3. The summed E-state index contributed by atoms with van der Waals surface area (Å²) in [5, 5.41) is 9.37. The molecule has 0 bridgehead atoms. The highest BCUT2D eigenvalue weighted by atomic mass is 20.0. The number of imidazole rings is 3. The second-order valence-corrected chi connectivity index (χ2v) is 28.8. The lowest BCUT2D eigenvalue weighted by molar-refractivity contribution is -0.144. The van der Waals surface area contributed by atoms with Gasteiger partial charge < -0.3 is 57.2 Å². The van der Waals surface area contributed by atoms with E-state index in [-0.39, 0.29) is 102 Å². The van der Waals surface area contributed by atoms with Crippen molar-refractivity contribution in [1.29, 1.82) is 0 Å². The molecule has 1 N–H and O–H groups in total. The lowest BCUT2D eigenvalue weighted by atomic mass is 9.85. The molecular formula is C87H95F16N15O11. The second kappa shape index (κ2) is 51.1. The summed E-state index contributed by atoms with van der Waals surface area (Å²) in [6, 6.07) is 34.5. The summed E-state index contributed by atoms with van der Waals surface area (Å²) in [6.07, 6.45) is 20.4. The van der Waals surface area contributed by atoms with E-state index in [4.69, 9.17) is 83.6 Å². The zero-order valence-electron chi connectivity index (χ0n) is 70.6. The van der Waals surface area contributed by atoms with E-state index in [9.17, 15) is 42.3 Å². The minimum Gasteiger partial charge on any atom is -0.495 e. The summed E-state index contributed by atoms with van der Waals surface area (Å²) in [5.41, 5.74) is 10.3. The summed E-state index contributed by atoms with van der Waals surface area (Å²) in [6.45, 7) is 15.0. The standard InChI is InChI=1S/C28H28FN5O4.C28H30FN5O2.C26H24FN5O4.C4H8O.CH4.6F2.FH/c1-4-38-26(35)16-32-12-11-23(20-6-8-21(29)9-7-20)34-27(36)22(31-28(32)34)13-19-5-10-24(25(14-19)37-3)33-15-18(2)30-17-33;1-18-16-33(17-31-18)24-11-6-19(15-25(24)36-5)14-22-26(35)34-23(20-7-9-21(29)10-8-20)12-13-30-27(34)32(4)28(22,2)3;1-16-13-31(15-28-16)22-8-3-17(12-23(22)36-2)11-20-25(35)32-21(18-4-6-19(27)7-5-18)9-10-30(14-24(33)34)26(32)29-20;1-2-4-5-3-1;;6*1-2;/h5-10,13-15,17,23H,4,11-12,16H2,1-3H3;6-11,14-17,23H,12-13H2,1-5H3;3-8,11-13,15,21H,9-10,14H2,1-2H3,(H,33,34);1-4H2;1H4;;;;;;;1H/b22-13-;22-14-;20-11-;;;;;;;;;/t23-;;21-;;;;;;;;;/m1.1........./s1. The molecular weight excluding hydrogens is 1740 g/mol. The molecule has 42 heteroatoms. The van der Waals surface area contributed by atoms with Crippen molar-refractivity contribution >= 4 is 65.8 Å². The third kappa shape index (κ3) is 25.8. The van der Waals surface area contributed by atoms with E-state index in [2.05, 4.69) is 29.8 Å². The van der Waals surface area contributed by atoms with Crippen LogP contribution in [-0.4, -0.2) is 197 Å². The van der Waals surface area contributed by atoms with Crippen LogP contribution in [0.1, 0.15) is 129 Å². The number of carbonyl (C=O) groups excluding carboxylic acids is 4. The van der Waals surface area contributed by atoms with Crippen LogP contribution < -0.4 is 14.2 Å². The molecule has 0 aliphatic carbocycles. The predicted octanol–water partition coefficient (Wildman–Crippen LogP) is 18.7. The largest absolute Gasteiger partial charge is 0.495 e. The Morgan fingerprint density at radius 2 is 0.837 bits per heavy atom. The van der Waals surface area contributed by atoms with Crippen molar-refractivity contribution in [3.8, 4) is 34.3 Å². The highest BCUT2D eigenvalue weighted by molar-refractivity contribution is 6.16. The Morgan fingerprint density at radius 1 is 0.496 bits per heavy atom. The number of hydrogen-bond donors (Lipinski definition) is 1. The van der Waals surface area contributed by atoms with E-state index >= 15 is 0 Å². The van der Waals surface area contributed by atoms with Crippen LogP contribution >= 0.6 is 0 Å². The number of rotatable bonds is 17. The number of carboxylic acid groups (broad SMARTS) is 1. The number of aliphatic carboxylic acids is 1. The number of nitrogens with zero attached hydrogens (tertiary/aromatic N) is 15. The number of fused-ring (bicyclic) bond motifs is 3. The van der Waals surface area contributed by atoms with Gasteiger partial charge in [0.15, 0.2) is 0 Å². The Morgan fingerprint density at radius 3 is 1.16 bits per heavy atom. The van der Waals surface area contributed by atoms with Crippen LogP contribution in [-0.2, 0) is 33.4 Å². The minimum atomic E-state index is -1.02. The fourth-order valence-electron chi connectivity index (χ4n) is 14.7. The number of methoxy groups -OCH3 is 3. The third-order valence-electron chi connectivity index (χ3n) is 20.8. The van der Waals surface area contributed by atoms with Crippen LogP contribution in [0, 0.1) is 38.2 Å². The maximum atomic E-state index is 14.1. The summed E-state index contributed by atoms with van der Waals surface area (Å²) < 4.78 is 169. The number of hydrogen-bond acceptors (Lipinski definition) is 19. The highest BCUT2D eigenvalue weighted by Crippen LogP contribution is 2.43. The van der Waals surface area contributed by atoms with Crippen molar-refractivity contribution in [2.75, 3.05) is 80.9 Å². The van der Waals surface area contributed by atoms with Gasteiger partial charge in [-0.15, -0.1) is 0 Å². The monoisotopic (exact) mass is 1830 g/mol. The number of aromatic nitrogens is 6. The lowest BCUT2D eigenvalue weighted by Gasteiger charge is -2.51. The molecule has 0 saturated carbocycles. The normalized spacial score (nSPS) is 17.3. The van der Waals surface area contributed by atoms with Gasteiger partial charge in [-0.2, -0.15) is 0 Å². The zero-order chi connectivity index (χ0) is 93.4. The maximum absolute atomic E-state index is 14.1. The molecule has 7 aliphatic rings. The molecule has 6 aromatic carbocycles. The summed E-state index contributed by atoms with van der Waals surface area (Å²) in [4.78, 5) is 102. The fraction of sp³-hybridized carbons (Fsp3) is 0.322. The van der Waals surface area contributed by atoms with Gasteiger partial charge in [-0.25, -0.2) is 38.1 Å². The van der Waals surface area contributed by atoms with Crippen LogP contribution in [0.4, 0.5) is 72.8 Å². The average molecular weight is 1830 g/mol. The molecule has 26 nitrogen and oxygen atoms in total. The first-order chi connectivity index (χ1) is 61.4. The van der Waals surface area contributed by atoms with E-state index in [1.54, 1.807) is 121 Å². The number of benzene rings is 6.